The third kappa shape index (κ3) is 2.18. The fourth-order valence-corrected chi connectivity index (χ4v) is 1.21. The van der Waals surface area contributed by atoms with Crippen molar-refractivity contribution < 1.29 is 0 Å². The van der Waals surface area contributed by atoms with E-state index in [1.54, 1.807) is 0 Å². The van der Waals surface area contributed by atoms with Gasteiger partial charge in [0, 0.05) is 0 Å². The molecule has 3 radical (unpaired) electrons. The van der Waals surface area contributed by atoms with E-state index in [2.05, 4.69) is 27.6 Å². The number of nitrogens with zero attached hydrogens (tertiary/aromatic N) is 1. The maximum atomic E-state index is 4.17. The van der Waals surface area contributed by atoms with E-state index in [0.717, 1.165) is 6.42 Å². The van der Waals surface area contributed by atoms with E-state index in [1.807, 2.05) is 18.3 Å². The predicted octanol–water partition coefficient (Wildman–Crippen LogP) is 1.21. The van der Waals surface area contributed by atoms with Crippen LogP contribution in [0, 0.1) is 0 Å². The topological polar surface area (TPSA) is 12.9 Å². The monoisotopic (exact) mass is 180 g/mol. The summed E-state index contributed by atoms with van der Waals surface area (Å²) >= 11 is 2.16. The van der Waals surface area contributed by atoms with Crippen molar-refractivity contribution in [3.8, 4) is 0 Å². The standard InChI is InChI=1S/C7H8GeN/c8-5-4-7-3-1-2-6-9-7/h1-3,6H,4-5H2. The molecule has 0 aromatic carbocycles. The first kappa shape index (κ1) is 6.81. The van der Waals surface area contributed by atoms with Gasteiger partial charge in [-0.05, 0) is 0 Å². The summed E-state index contributed by atoms with van der Waals surface area (Å²) in [7, 11) is 0. The Hall–Kier alpha value is -0.307. The molecule has 0 saturated carbocycles. The van der Waals surface area contributed by atoms with Crippen molar-refractivity contribution >= 4 is 16.5 Å². The molecule has 0 aliphatic rings. The number of pyridine rings is 1. The van der Waals surface area contributed by atoms with E-state index in [0.29, 0.717) is 0 Å². The van der Waals surface area contributed by atoms with Crippen LogP contribution in [0.5, 0.6) is 0 Å². The van der Waals surface area contributed by atoms with Gasteiger partial charge in [0.15, 0.2) is 0 Å². The molecular formula is C7H8GeN. The Kier molecular flexibility index (Phi) is 2.77. The van der Waals surface area contributed by atoms with Crippen LogP contribution in [0.3, 0.4) is 0 Å². The average Bonchev–Trinajstić information content (AvgIpc) is 1.91. The van der Waals surface area contributed by atoms with Crippen molar-refractivity contribution in [1.82, 2.24) is 4.98 Å². The van der Waals surface area contributed by atoms with Crippen molar-refractivity contribution in [1.29, 1.82) is 0 Å². The SMILES string of the molecule is [Ge][CH2]Cc1ccccn1. The molecule has 1 aromatic heterocycles. The summed E-state index contributed by atoms with van der Waals surface area (Å²) in [6.07, 6.45) is 2.94. The van der Waals surface area contributed by atoms with E-state index in [1.165, 1.54) is 10.9 Å². The summed E-state index contributed by atoms with van der Waals surface area (Å²) in [4.78, 5) is 4.17. The third-order valence-corrected chi connectivity index (χ3v) is 1.63. The van der Waals surface area contributed by atoms with Crippen LogP contribution in [0.1, 0.15) is 5.69 Å². The van der Waals surface area contributed by atoms with Crippen LogP contribution in [0.2, 0.25) is 5.25 Å². The van der Waals surface area contributed by atoms with E-state index in [4.69, 9.17) is 0 Å². The molecule has 1 rings (SSSR count). The van der Waals surface area contributed by atoms with Crippen LogP contribution in [-0.4, -0.2) is 21.5 Å². The van der Waals surface area contributed by atoms with Gasteiger partial charge in [0.1, 0.15) is 0 Å². The van der Waals surface area contributed by atoms with Gasteiger partial charge in [-0.15, -0.1) is 0 Å². The van der Waals surface area contributed by atoms with Crippen molar-refractivity contribution in [2.24, 2.45) is 0 Å². The van der Waals surface area contributed by atoms with Crippen molar-refractivity contribution in [2.75, 3.05) is 0 Å². The minimum atomic E-state index is 1.10. The first-order valence-corrected chi connectivity index (χ1v) is 4.46. The fraction of sp³-hybridized carbons (Fsp3) is 0.286. The van der Waals surface area contributed by atoms with Gasteiger partial charge in [0.05, 0.1) is 0 Å². The predicted molar refractivity (Wildman–Crippen MR) is 38.5 cm³/mol. The zero-order valence-electron chi connectivity index (χ0n) is 5.17. The molecule has 45 valence electrons. The van der Waals surface area contributed by atoms with Crippen LogP contribution in [-0.2, 0) is 6.42 Å². The molecule has 0 amide bonds. The van der Waals surface area contributed by atoms with Crippen molar-refractivity contribution in [3.05, 3.63) is 30.1 Å². The second-order valence-electron chi connectivity index (χ2n) is 1.82. The molecule has 0 unspecified atom stereocenters. The summed E-state index contributed by atoms with van der Waals surface area (Å²) in [6, 6.07) is 6.03. The Morgan fingerprint density at radius 2 is 2.33 bits per heavy atom. The van der Waals surface area contributed by atoms with Gasteiger partial charge in [0.2, 0.25) is 0 Å². The van der Waals surface area contributed by atoms with Crippen LogP contribution in [0.15, 0.2) is 24.4 Å². The normalized spacial score (nSPS) is 9.44. The fourth-order valence-electron chi connectivity index (χ4n) is 0.674. The van der Waals surface area contributed by atoms with E-state index >= 15 is 0 Å². The Bertz CT molecular complexity index is 162. The van der Waals surface area contributed by atoms with E-state index < -0.39 is 0 Å². The molecule has 0 bridgehead atoms. The van der Waals surface area contributed by atoms with Crippen LogP contribution in [0.25, 0.3) is 0 Å². The molecule has 0 saturated heterocycles. The van der Waals surface area contributed by atoms with Crippen LogP contribution < -0.4 is 0 Å². The molecule has 0 spiro atoms. The molecule has 0 aliphatic carbocycles. The summed E-state index contributed by atoms with van der Waals surface area (Å²) in [5.41, 5.74) is 1.19. The second kappa shape index (κ2) is 3.67. The molecule has 2 heteroatoms. The Morgan fingerprint density at radius 3 is 2.89 bits per heavy atom. The van der Waals surface area contributed by atoms with Gasteiger partial charge in [-0.1, -0.05) is 0 Å². The molecular weight excluding hydrogens is 171 g/mol. The first-order chi connectivity index (χ1) is 4.43. The third-order valence-electron chi connectivity index (χ3n) is 1.11. The van der Waals surface area contributed by atoms with Gasteiger partial charge in [-0.25, -0.2) is 0 Å². The summed E-state index contributed by atoms with van der Waals surface area (Å²) < 4.78 is 0. The van der Waals surface area contributed by atoms with E-state index in [-0.39, 0.29) is 0 Å². The number of aromatic nitrogens is 1. The summed E-state index contributed by atoms with van der Waals surface area (Å²) in [5, 5.41) is 1.18. The van der Waals surface area contributed by atoms with E-state index in [9.17, 15) is 0 Å². The molecule has 1 aromatic rings. The zero-order valence-corrected chi connectivity index (χ0v) is 7.27. The molecule has 0 atom stereocenters. The second-order valence-corrected chi connectivity index (χ2v) is 2.87. The molecule has 1 heterocycles. The Labute approximate surface area is 63.7 Å². The van der Waals surface area contributed by atoms with Crippen LogP contribution >= 0.6 is 0 Å². The summed E-state index contributed by atoms with van der Waals surface area (Å²) in [6.45, 7) is 0. The van der Waals surface area contributed by atoms with Gasteiger partial charge in [-0.2, -0.15) is 0 Å². The molecule has 9 heavy (non-hydrogen) atoms. The number of aryl methyl sites for hydroxylation is 1. The molecule has 0 fully saturated rings. The first-order valence-electron chi connectivity index (χ1n) is 2.98. The Balaban J connectivity index is 2.61. The number of rotatable bonds is 2. The van der Waals surface area contributed by atoms with Crippen molar-refractivity contribution in [3.63, 3.8) is 0 Å². The van der Waals surface area contributed by atoms with Gasteiger partial charge in [-0.3, -0.25) is 0 Å². The van der Waals surface area contributed by atoms with Gasteiger partial charge < -0.3 is 0 Å². The summed E-state index contributed by atoms with van der Waals surface area (Å²) in [5.74, 6) is 0. The number of hydrogen-bond acceptors (Lipinski definition) is 1. The average molecular weight is 179 g/mol. The number of hydrogen-bond donors (Lipinski definition) is 0. The minimum absolute atomic E-state index is 1.10. The quantitative estimate of drug-likeness (QED) is 0.621. The maximum absolute atomic E-state index is 4.17. The molecule has 1 nitrogen and oxygen atoms in total. The van der Waals surface area contributed by atoms with Crippen molar-refractivity contribution in [2.45, 2.75) is 11.7 Å². The zero-order chi connectivity index (χ0) is 6.53. The Morgan fingerprint density at radius 1 is 1.44 bits per heavy atom. The molecule has 0 aliphatic heterocycles. The van der Waals surface area contributed by atoms with Gasteiger partial charge >= 0.3 is 63.3 Å². The van der Waals surface area contributed by atoms with Gasteiger partial charge in [0.25, 0.3) is 0 Å². The van der Waals surface area contributed by atoms with Crippen LogP contribution in [0.4, 0.5) is 0 Å². The molecule has 0 N–H and O–H groups in total.